The van der Waals surface area contributed by atoms with Crippen molar-refractivity contribution in [3.8, 4) is 0 Å². The van der Waals surface area contributed by atoms with Crippen molar-refractivity contribution in [1.29, 1.82) is 0 Å². The van der Waals surface area contributed by atoms with Gasteiger partial charge < -0.3 is 9.84 Å². The summed E-state index contributed by atoms with van der Waals surface area (Å²) in [5, 5.41) is 9.61. The smallest absolute Gasteiger partial charge is 0.339 e. The summed E-state index contributed by atoms with van der Waals surface area (Å²) in [4.78, 5) is 11.3. The molecule has 1 rings (SSSR count). The molecule has 0 aromatic heterocycles. The molecule has 0 fully saturated rings. The maximum Gasteiger partial charge on any atom is 0.339 e. The highest BCUT2D eigenvalue weighted by Crippen LogP contribution is 2.13. The zero-order valence-corrected chi connectivity index (χ0v) is 8.85. The molecule has 0 spiro atoms. The van der Waals surface area contributed by atoms with Crippen molar-refractivity contribution in [1.82, 2.24) is 0 Å². The number of rotatable bonds is 5. The van der Waals surface area contributed by atoms with Crippen LogP contribution in [0.3, 0.4) is 0 Å². The lowest BCUT2D eigenvalue weighted by molar-refractivity contribution is -0.154. The lowest BCUT2D eigenvalue weighted by Crippen LogP contribution is -2.16. The Kier molecular flexibility index (Phi) is 4.84. The molecule has 15 heavy (non-hydrogen) atoms. The number of esters is 1. The molecule has 0 saturated heterocycles. The Bertz CT molecular complexity index is 295. The molecule has 0 amide bonds. The van der Waals surface area contributed by atoms with E-state index < -0.39 is 12.1 Å². The van der Waals surface area contributed by atoms with Crippen molar-refractivity contribution >= 4 is 5.97 Å². The summed E-state index contributed by atoms with van der Waals surface area (Å²) < 4.78 is 4.91. The quantitative estimate of drug-likeness (QED) is 0.595. The van der Waals surface area contributed by atoms with E-state index in [0.717, 1.165) is 12.8 Å². The fourth-order valence-corrected chi connectivity index (χ4v) is 1.17. The van der Waals surface area contributed by atoms with E-state index in [1.54, 1.807) is 24.3 Å². The molecule has 1 aromatic rings. The molecule has 3 nitrogen and oxygen atoms in total. The Hall–Kier alpha value is -1.35. The molecule has 0 aliphatic heterocycles. The fraction of sp³-hybridized carbons (Fsp3) is 0.417. The van der Waals surface area contributed by atoms with E-state index in [2.05, 4.69) is 0 Å². The molecule has 82 valence electrons. The summed E-state index contributed by atoms with van der Waals surface area (Å²) in [6, 6.07) is 8.78. The molecule has 1 aromatic carbocycles. The van der Waals surface area contributed by atoms with Crippen LogP contribution in [0.4, 0.5) is 0 Å². The molecule has 3 heteroatoms. The summed E-state index contributed by atoms with van der Waals surface area (Å²) >= 11 is 0. The first kappa shape index (κ1) is 11.7. The first-order valence-corrected chi connectivity index (χ1v) is 5.15. The predicted molar refractivity (Wildman–Crippen MR) is 57.3 cm³/mol. The third kappa shape index (κ3) is 3.72. The van der Waals surface area contributed by atoms with Gasteiger partial charge in [-0.25, -0.2) is 4.79 Å². The van der Waals surface area contributed by atoms with Crippen LogP contribution in [0.25, 0.3) is 0 Å². The minimum Gasteiger partial charge on any atom is -0.464 e. The molecule has 0 unspecified atom stereocenters. The van der Waals surface area contributed by atoms with Gasteiger partial charge in [0.05, 0.1) is 6.61 Å². The summed E-state index contributed by atoms with van der Waals surface area (Å²) in [6.45, 7) is 2.39. The average molecular weight is 208 g/mol. The van der Waals surface area contributed by atoms with Crippen LogP contribution in [0.1, 0.15) is 31.4 Å². The zero-order valence-electron chi connectivity index (χ0n) is 8.85. The van der Waals surface area contributed by atoms with E-state index >= 15 is 0 Å². The van der Waals surface area contributed by atoms with Gasteiger partial charge >= 0.3 is 5.97 Å². The third-order valence-electron chi connectivity index (χ3n) is 2.08. The topological polar surface area (TPSA) is 46.5 Å². The lowest BCUT2D eigenvalue weighted by Gasteiger charge is -2.10. The fourth-order valence-electron chi connectivity index (χ4n) is 1.17. The van der Waals surface area contributed by atoms with Gasteiger partial charge in [0.15, 0.2) is 6.10 Å². The van der Waals surface area contributed by atoms with E-state index in [9.17, 15) is 9.90 Å². The number of benzene rings is 1. The van der Waals surface area contributed by atoms with Gasteiger partial charge in [-0.1, -0.05) is 43.7 Å². The number of unbranched alkanes of at least 4 members (excludes halogenated alkanes) is 1. The number of carbonyl (C=O) groups is 1. The van der Waals surface area contributed by atoms with Crippen molar-refractivity contribution in [2.45, 2.75) is 25.9 Å². The summed E-state index contributed by atoms with van der Waals surface area (Å²) in [5.74, 6) is -0.574. The third-order valence-corrected chi connectivity index (χ3v) is 2.08. The molecule has 1 N–H and O–H groups in total. The Morgan fingerprint density at radius 2 is 2.07 bits per heavy atom. The van der Waals surface area contributed by atoms with Crippen LogP contribution in [0.2, 0.25) is 0 Å². The van der Waals surface area contributed by atoms with Crippen LogP contribution in [0.15, 0.2) is 30.3 Å². The highest BCUT2D eigenvalue weighted by molar-refractivity contribution is 5.76. The van der Waals surface area contributed by atoms with Gasteiger partial charge in [0.2, 0.25) is 0 Å². The van der Waals surface area contributed by atoms with Crippen LogP contribution < -0.4 is 0 Å². The number of aliphatic hydroxyl groups is 1. The van der Waals surface area contributed by atoms with Gasteiger partial charge in [0.1, 0.15) is 0 Å². The highest BCUT2D eigenvalue weighted by Gasteiger charge is 2.17. The predicted octanol–water partition coefficient (Wildman–Crippen LogP) is 2.06. The Balaban J connectivity index is 2.46. The minimum absolute atomic E-state index is 0.374. The van der Waals surface area contributed by atoms with Gasteiger partial charge in [-0.2, -0.15) is 0 Å². The van der Waals surface area contributed by atoms with Gasteiger partial charge in [-0.05, 0) is 12.0 Å². The van der Waals surface area contributed by atoms with E-state index in [1.807, 2.05) is 13.0 Å². The molecule has 0 saturated carbocycles. The summed E-state index contributed by atoms with van der Waals surface area (Å²) in [7, 11) is 0. The highest BCUT2D eigenvalue weighted by atomic mass is 16.5. The Morgan fingerprint density at radius 3 is 2.67 bits per heavy atom. The van der Waals surface area contributed by atoms with E-state index in [4.69, 9.17) is 4.74 Å². The monoisotopic (exact) mass is 208 g/mol. The normalized spacial score (nSPS) is 12.1. The van der Waals surface area contributed by atoms with Gasteiger partial charge in [0, 0.05) is 0 Å². The molecular formula is C12H16O3. The van der Waals surface area contributed by atoms with Crippen molar-refractivity contribution in [3.63, 3.8) is 0 Å². The van der Waals surface area contributed by atoms with Crippen LogP contribution in [0, 0.1) is 0 Å². The van der Waals surface area contributed by atoms with Crippen LogP contribution in [-0.2, 0) is 9.53 Å². The Morgan fingerprint density at radius 1 is 1.40 bits per heavy atom. The van der Waals surface area contributed by atoms with Gasteiger partial charge in [-0.15, -0.1) is 0 Å². The van der Waals surface area contributed by atoms with Crippen LogP contribution in [-0.4, -0.2) is 17.7 Å². The number of ether oxygens (including phenoxy) is 1. The maximum atomic E-state index is 11.3. The number of carbonyl (C=O) groups excluding carboxylic acids is 1. The van der Waals surface area contributed by atoms with E-state index in [1.165, 1.54) is 0 Å². The average Bonchev–Trinajstić information content (AvgIpc) is 2.29. The van der Waals surface area contributed by atoms with Crippen LogP contribution in [0.5, 0.6) is 0 Å². The summed E-state index contributed by atoms with van der Waals surface area (Å²) in [6.07, 6.45) is 0.630. The largest absolute Gasteiger partial charge is 0.464 e. The standard InChI is InChI=1S/C12H16O3/c1-2-3-9-15-12(14)11(13)10-7-5-4-6-8-10/h4-8,11,13H,2-3,9H2,1H3/t11-/m1/s1. The maximum absolute atomic E-state index is 11.3. The first-order valence-electron chi connectivity index (χ1n) is 5.15. The molecular weight excluding hydrogens is 192 g/mol. The number of hydrogen-bond acceptors (Lipinski definition) is 3. The SMILES string of the molecule is CCCCOC(=O)[C@H](O)c1ccccc1. The van der Waals surface area contributed by atoms with E-state index in [-0.39, 0.29) is 0 Å². The second-order valence-electron chi connectivity index (χ2n) is 3.33. The molecule has 0 aliphatic carbocycles. The van der Waals surface area contributed by atoms with Crippen molar-refractivity contribution in [2.75, 3.05) is 6.61 Å². The number of hydrogen-bond donors (Lipinski definition) is 1. The summed E-state index contributed by atoms with van der Waals surface area (Å²) in [5.41, 5.74) is 0.569. The van der Waals surface area contributed by atoms with Crippen molar-refractivity contribution in [3.05, 3.63) is 35.9 Å². The Labute approximate surface area is 89.7 Å². The molecule has 0 aliphatic rings. The molecule has 0 heterocycles. The van der Waals surface area contributed by atoms with E-state index in [0.29, 0.717) is 12.2 Å². The second-order valence-corrected chi connectivity index (χ2v) is 3.33. The van der Waals surface area contributed by atoms with Crippen molar-refractivity contribution < 1.29 is 14.6 Å². The number of aliphatic hydroxyl groups excluding tert-OH is 1. The molecule has 0 radical (unpaired) electrons. The van der Waals surface area contributed by atoms with Gasteiger partial charge in [0.25, 0.3) is 0 Å². The molecule has 0 bridgehead atoms. The van der Waals surface area contributed by atoms with Crippen molar-refractivity contribution in [2.24, 2.45) is 0 Å². The lowest BCUT2D eigenvalue weighted by atomic mass is 10.1. The second kappa shape index (κ2) is 6.19. The minimum atomic E-state index is -1.16. The first-order chi connectivity index (χ1) is 7.25. The van der Waals surface area contributed by atoms with Crippen LogP contribution >= 0.6 is 0 Å². The zero-order chi connectivity index (χ0) is 11.1. The molecule has 1 atom stereocenters. The van der Waals surface area contributed by atoms with Gasteiger partial charge in [-0.3, -0.25) is 0 Å².